The first kappa shape index (κ1) is 44.7. The maximum atomic E-state index is 14.8. The molecule has 59 heavy (non-hydrogen) atoms. The highest BCUT2D eigenvalue weighted by molar-refractivity contribution is 5.92. The molecule has 2 N–H and O–H groups in total. The number of rotatable bonds is 13. The second kappa shape index (κ2) is 19.1. The van der Waals surface area contributed by atoms with Gasteiger partial charge in [-0.05, 0) is 111 Å². The Labute approximate surface area is 349 Å². The van der Waals surface area contributed by atoms with Gasteiger partial charge in [-0.15, -0.1) is 0 Å². The minimum absolute atomic E-state index is 0.00122. The summed E-state index contributed by atoms with van der Waals surface area (Å²) in [4.78, 5) is 58.7. The van der Waals surface area contributed by atoms with E-state index in [0.717, 1.165) is 22.1 Å². The van der Waals surface area contributed by atoms with Crippen molar-refractivity contribution in [1.82, 2.24) is 25.0 Å². The van der Waals surface area contributed by atoms with Crippen LogP contribution in [-0.4, -0.2) is 86.6 Å². The Morgan fingerprint density at radius 3 is 1.88 bits per heavy atom. The van der Waals surface area contributed by atoms with Gasteiger partial charge >= 0.3 is 18.3 Å². The number of benzene rings is 3. The van der Waals surface area contributed by atoms with Crippen LogP contribution in [0.3, 0.4) is 0 Å². The first-order chi connectivity index (χ1) is 27.8. The number of fused-ring (bicyclic) bond motifs is 1. The van der Waals surface area contributed by atoms with E-state index in [1.165, 1.54) is 4.57 Å². The quantitative estimate of drug-likeness (QED) is 0.101. The number of para-hydroxylation sites is 1. The van der Waals surface area contributed by atoms with E-state index < -0.39 is 53.2 Å². The van der Waals surface area contributed by atoms with Crippen LogP contribution in [0.2, 0.25) is 0 Å². The van der Waals surface area contributed by atoms with Gasteiger partial charge in [-0.3, -0.25) is 14.3 Å². The summed E-state index contributed by atoms with van der Waals surface area (Å²) in [6, 6.07) is 26.1. The number of carbonyl (C=O) groups excluding carboxylic acids is 4. The minimum atomic E-state index is -0.761. The third-order valence-corrected chi connectivity index (χ3v) is 9.82. The van der Waals surface area contributed by atoms with Gasteiger partial charge in [-0.2, -0.15) is 0 Å². The number of unbranched alkanes of at least 4 members (excludes halogenated alkanes) is 1. The summed E-state index contributed by atoms with van der Waals surface area (Å²) in [5.74, 6) is -0.00122. The highest BCUT2D eigenvalue weighted by Crippen LogP contribution is 2.31. The largest absolute Gasteiger partial charge is 0.444 e. The van der Waals surface area contributed by atoms with E-state index in [0.29, 0.717) is 57.4 Å². The molecule has 12 nitrogen and oxygen atoms in total. The number of nitrogens with one attached hydrogen (secondary N) is 2. The molecule has 1 aliphatic heterocycles. The molecule has 1 unspecified atom stereocenters. The van der Waals surface area contributed by atoms with Crippen LogP contribution in [0, 0.1) is 0 Å². The highest BCUT2D eigenvalue weighted by atomic mass is 16.6. The average molecular weight is 810 g/mol. The van der Waals surface area contributed by atoms with Crippen molar-refractivity contribution in [3.63, 3.8) is 0 Å². The monoisotopic (exact) mass is 809 g/mol. The van der Waals surface area contributed by atoms with E-state index in [4.69, 9.17) is 14.2 Å². The molecule has 0 saturated carbocycles. The van der Waals surface area contributed by atoms with Gasteiger partial charge in [0.15, 0.2) is 0 Å². The van der Waals surface area contributed by atoms with Gasteiger partial charge in [-0.25, -0.2) is 14.4 Å². The molecule has 12 heteroatoms. The Morgan fingerprint density at radius 2 is 1.27 bits per heavy atom. The molecule has 1 aromatic heterocycles. The van der Waals surface area contributed by atoms with E-state index in [1.807, 2.05) is 152 Å². The number of alkyl carbamates (subject to hydrolysis) is 2. The van der Waals surface area contributed by atoms with Gasteiger partial charge in [0.25, 0.3) is 0 Å². The Morgan fingerprint density at radius 1 is 0.712 bits per heavy atom. The number of hydrogen-bond donors (Lipinski definition) is 2. The third kappa shape index (κ3) is 13.3. The maximum absolute atomic E-state index is 14.8. The Kier molecular flexibility index (Phi) is 14.5. The number of hydrogen-bond acceptors (Lipinski definition) is 8. The zero-order chi connectivity index (χ0) is 43.0. The first-order valence-electron chi connectivity index (χ1n) is 20.7. The predicted molar refractivity (Wildman–Crippen MR) is 230 cm³/mol. The fourth-order valence-electron chi connectivity index (χ4n) is 7.44. The molecule has 4 aromatic rings. The summed E-state index contributed by atoms with van der Waals surface area (Å²) in [7, 11) is 0. The smallest absolute Gasteiger partial charge is 0.419 e. The maximum Gasteiger partial charge on any atom is 0.419 e. The zero-order valence-electron chi connectivity index (χ0n) is 36.2. The number of carbonyl (C=O) groups is 4. The van der Waals surface area contributed by atoms with Crippen LogP contribution in [0.4, 0.5) is 14.4 Å². The van der Waals surface area contributed by atoms with Crippen LogP contribution in [-0.2, 0) is 38.5 Å². The molecule has 1 fully saturated rings. The van der Waals surface area contributed by atoms with Crippen molar-refractivity contribution < 1.29 is 33.4 Å². The highest BCUT2D eigenvalue weighted by Gasteiger charge is 2.44. The van der Waals surface area contributed by atoms with Crippen molar-refractivity contribution in [2.75, 3.05) is 13.1 Å². The van der Waals surface area contributed by atoms with Crippen molar-refractivity contribution in [1.29, 1.82) is 0 Å². The molecule has 3 atom stereocenters. The Bertz CT molecular complexity index is 2030. The van der Waals surface area contributed by atoms with E-state index in [-0.39, 0.29) is 5.91 Å². The van der Waals surface area contributed by atoms with Crippen LogP contribution in [0.15, 0.2) is 91.1 Å². The van der Waals surface area contributed by atoms with Crippen LogP contribution < -0.4 is 10.6 Å². The second-order valence-electron chi connectivity index (χ2n) is 18.3. The Balaban J connectivity index is 1.56. The molecule has 0 aliphatic carbocycles. The van der Waals surface area contributed by atoms with Crippen LogP contribution in [0.1, 0.15) is 98.3 Å². The fourth-order valence-corrected chi connectivity index (χ4v) is 7.44. The molecular formula is C47H63N5O7. The molecule has 0 spiro atoms. The molecule has 3 aromatic carbocycles. The summed E-state index contributed by atoms with van der Waals surface area (Å²) in [6.07, 6.45) is 2.37. The van der Waals surface area contributed by atoms with Crippen molar-refractivity contribution in [2.24, 2.45) is 0 Å². The van der Waals surface area contributed by atoms with E-state index in [9.17, 15) is 19.2 Å². The normalized spacial score (nSPS) is 17.0. The molecule has 0 radical (unpaired) electrons. The molecular weight excluding hydrogens is 747 g/mol. The Hall–Kier alpha value is -5.36. The summed E-state index contributed by atoms with van der Waals surface area (Å²) in [6.45, 7) is 18.0. The molecule has 1 aliphatic rings. The molecule has 0 bridgehead atoms. The number of aromatic nitrogens is 1. The van der Waals surface area contributed by atoms with Gasteiger partial charge in [0.1, 0.15) is 16.8 Å². The molecule has 3 amide bonds. The van der Waals surface area contributed by atoms with Crippen LogP contribution >= 0.6 is 0 Å². The molecule has 2 heterocycles. The van der Waals surface area contributed by atoms with Gasteiger partial charge in [0, 0.05) is 43.8 Å². The van der Waals surface area contributed by atoms with Crippen LogP contribution in [0.25, 0.3) is 10.9 Å². The summed E-state index contributed by atoms with van der Waals surface area (Å²) < 4.78 is 18.6. The number of ether oxygens (including phenoxy) is 3. The fraction of sp³-hybridized carbons (Fsp3) is 0.489. The molecule has 5 rings (SSSR count). The zero-order valence-corrected chi connectivity index (χ0v) is 36.2. The van der Waals surface area contributed by atoms with E-state index in [2.05, 4.69) is 15.5 Å². The van der Waals surface area contributed by atoms with Crippen molar-refractivity contribution >= 4 is 35.1 Å². The molecule has 1 saturated heterocycles. The van der Waals surface area contributed by atoms with Gasteiger partial charge in [-0.1, -0.05) is 78.9 Å². The van der Waals surface area contributed by atoms with Gasteiger partial charge in [0.2, 0.25) is 5.91 Å². The summed E-state index contributed by atoms with van der Waals surface area (Å²) in [5, 5.41) is 6.95. The number of piperazine rings is 1. The topological polar surface area (TPSA) is 131 Å². The average Bonchev–Trinajstić information content (AvgIpc) is 3.50. The van der Waals surface area contributed by atoms with Crippen molar-refractivity contribution in [3.8, 4) is 0 Å². The summed E-state index contributed by atoms with van der Waals surface area (Å²) >= 11 is 0. The minimum Gasteiger partial charge on any atom is -0.444 e. The lowest BCUT2D eigenvalue weighted by Gasteiger charge is -2.49. The van der Waals surface area contributed by atoms with Gasteiger partial charge in [0.05, 0.1) is 17.6 Å². The molecule has 318 valence electrons. The first-order valence-corrected chi connectivity index (χ1v) is 20.7. The van der Waals surface area contributed by atoms with Crippen LogP contribution in [0.5, 0.6) is 0 Å². The lowest BCUT2D eigenvalue weighted by molar-refractivity contribution is -0.148. The van der Waals surface area contributed by atoms with Gasteiger partial charge < -0.3 is 29.7 Å². The standard InChI is InChI=1S/C47H63N5O7/c1-45(2,3)57-42(54)48-27-19-18-26-39-41(53)50(29-33-20-12-10-13-21-33)32-40(51(39)30-34-22-14-11-15-23-34)37(49-43(55)58-46(4,5)6)28-35-31-52(44(56)59-47(7,8)9)38-25-17-16-24-36(35)38/h10-17,20-25,31,37,39-40H,18-19,26-30,32H2,1-9H3,(H,48,54)(H,49,55)/t37-,39-,40?/m0/s1. The SMILES string of the molecule is CC(C)(C)OC(=O)NCCCC[C@H]1C(=O)N(Cc2ccccc2)CC([C@H](Cc2cn(C(=O)OC(C)(C)C)c3ccccc23)NC(=O)OC(C)(C)C)N1Cc1ccccc1. The summed E-state index contributed by atoms with van der Waals surface area (Å²) in [5.41, 5.74) is 1.47. The van der Waals surface area contributed by atoms with E-state index >= 15 is 0 Å². The van der Waals surface area contributed by atoms with E-state index in [1.54, 1.807) is 6.20 Å². The predicted octanol–water partition coefficient (Wildman–Crippen LogP) is 8.84. The van der Waals surface area contributed by atoms with Crippen molar-refractivity contribution in [2.45, 2.75) is 136 Å². The second-order valence-corrected chi connectivity index (χ2v) is 18.3. The number of amides is 3. The number of nitrogens with zero attached hydrogens (tertiary/aromatic N) is 3. The van der Waals surface area contributed by atoms with Crippen molar-refractivity contribution in [3.05, 3.63) is 108 Å². The lowest BCUT2D eigenvalue weighted by Crippen LogP contribution is -2.67. The third-order valence-electron chi connectivity index (χ3n) is 9.82. The lowest BCUT2D eigenvalue weighted by atomic mass is 9.91.